The number of carbonyl (C=O) groups excluding carboxylic acids is 1. The third kappa shape index (κ3) is 2.57. The van der Waals surface area contributed by atoms with Crippen molar-refractivity contribution in [3.05, 3.63) is 45.2 Å². The van der Waals surface area contributed by atoms with Crippen LogP contribution in [0.25, 0.3) is 11.4 Å². The van der Waals surface area contributed by atoms with Crippen LogP contribution in [0, 0.1) is 0 Å². The van der Waals surface area contributed by atoms with E-state index in [1.807, 2.05) is 0 Å². The molecule has 2 aromatic rings. The zero-order valence-corrected chi connectivity index (χ0v) is 10.6. The topological polar surface area (TPSA) is 42.9 Å². The van der Waals surface area contributed by atoms with E-state index in [1.54, 1.807) is 12.1 Å². The molecule has 3 nitrogen and oxygen atoms in total. The normalized spacial score (nSPS) is 10.3. The van der Waals surface area contributed by atoms with Crippen molar-refractivity contribution in [3.8, 4) is 11.4 Å². The van der Waals surface area contributed by atoms with Crippen molar-refractivity contribution >= 4 is 41.1 Å². The number of aldehydes is 1. The Kier molecular flexibility index (Phi) is 3.62. The van der Waals surface area contributed by atoms with Crippen LogP contribution in [0.4, 0.5) is 0 Å². The summed E-state index contributed by atoms with van der Waals surface area (Å²) in [6.45, 7) is 0. The summed E-state index contributed by atoms with van der Waals surface area (Å²) in [7, 11) is 0. The molecule has 0 fully saturated rings. The zero-order chi connectivity index (χ0) is 12.4. The first-order chi connectivity index (χ1) is 8.11. The van der Waals surface area contributed by atoms with Crippen LogP contribution < -0.4 is 0 Å². The molecule has 0 saturated carbocycles. The molecule has 17 heavy (non-hydrogen) atoms. The average molecular weight is 288 g/mol. The molecule has 0 amide bonds. The lowest BCUT2D eigenvalue weighted by Crippen LogP contribution is -1.93. The number of halogens is 3. The molecular weight excluding hydrogens is 282 g/mol. The van der Waals surface area contributed by atoms with Gasteiger partial charge < -0.3 is 0 Å². The van der Waals surface area contributed by atoms with E-state index in [-0.39, 0.29) is 0 Å². The van der Waals surface area contributed by atoms with Crippen molar-refractivity contribution in [3.63, 3.8) is 0 Å². The number of hydrogen-bond donors (Lipinski definition) is 0. The van der Waals surface area contributed by atoms with Gasteiger partial charge in [0.05, 0.1) is 21.2 Å². The van der Waals surface area contributed by atoms with Gasteiger partial charge in [0, 0.05) is 17.4 Å². The molecule has 1 heterocycles. The van der Waals surface area contributed by atoms with E-state index < -0.39 is 0 Å². The Hall–Kier alpha value is -1.16. The molecule has 0 spiro atoms. The minimum Gasteiger partial charge on any atom is -0.298 e. The second kappa shape index (κ2) is 5.00. The smallest absolute Gasteiger partial charge is 0.162 e. The highest BCUT2D eigenvalue weighted by Gasteiger charge is 2.12. The largest absolute Gasteiger partial charge is 0.298 e. The van der Waals surface area contributed by atoms with Gasteiger partial charge in [-0.1, -0.05) is 34.8 Å². The second-order valence-corrected chi connectivity index (χ2v) is 4.45. The van der Waals surface area contributed by atoms with E-state index in [4.69, 9.17) is 34.8 Å². The molecule has 0 aliphatic carbocycles. The van der Waals surface area contributed by atoms with Gasteiger partial charge in [0.15, 0.2) is 12.1 Å². The highest BCUT2D eigenvalue weighted by atomic mass is 35.5. The van der Waals surface area contributed by atoms with Crippen molar-refractivity contribution in [1.82, 2.24) is 9.97 Å². The van der Waals surface area contributed by atoms with Gasteiger partial charge in [-0.3, -0.25) is 4.79 Å². The number of benzene rings is 1. The van der Waals surface area contributed by atoms with Crippen molar-refractivity contribution in [2.75, 3.05) is 0 Å². The van der Waals surface area contributed by atoms with E-state index in [9.17, 15) is 4.79 Å². The summed E-state index contributed by atoms with van der Waals surface area (Å²) in [5, 5.41) is 1.16. The predicted octanol–water partition coefficient (Wildman–Crippen LogP) is 3.92. The monoisotopic (exact) mass is 286 g/mol. The first kappa shape index (κ1) is 12.3. The minimum absolute atomic E-state index is 0.349. The van der Waals surface area contributed by atoms with E-state index in [2.05, 4.69) is 9.97 Å². The number of rotatable bonds is 2. The van der Waals surface area contributed by atoms with Gasteiger partial charge in [-0.25, -0.2) is 9.97 Å². The molecule has 0 N–H and O–H groups in total. The second-order valence-electron chi connectivity index (χ2n) is 3.20. The Morgan fingerprint density at radius 1 is 1.00 bits per heavy atom. The summed E-state index contributed by atoms with van der Waals surface area (Å²) >= 11 is 17.9. The molecule has 0 atom stereocenters. The van der Waals surface area contributed by atoms with Crippen molar-refractivity contribution in [1.29, 1.82) is 0 Å². The molecule has 0 aliphatic rings. The van der Waals surface area contributed by atoms with Crippen LogP contribution in [-0.2, 0) is 0 Å². The molecule has 86 valence electrons. The van der Waals surface area contributed by atoms with Gasteiger partial charge in [-0.15, -0.1) is 0 Å². The highest BCUT2D eigenvalue weighted by Crippen LogP contribution is 2.35. The number of carbonyl (C=O) groups is 1. The fourth-order valence-electron chi connectivity index (χ4n) is 1.28. The zero-order valence-electron chi connectivity index (χ0n) is 8.32. The Morgan fingerprint density at radius 3 is 2.00 bits per heavy atom. The fourth-order valence-corrected chi connectivity index (χ4v) is 2.27. The van der Waals surface area contributed by atoms with Crippen LogP contribution >= 0.6 is 34.8 Å². The molecule has 0 saturated heterocycles. The Balaban J connectivity index is 2.56. The molecular formula is C11H5Cl3N2O. The van der Waals surface area contributed by atoms with E-state index in [0.717, 1.165) is 0 Å². The van der Waals surface area contributed by atoms with E-state index >= 15 is 0 Å². The van der Waals surface area contributed by atoms with Gasteiger partial charge in [0.1, 0.15) is 0 Å². The predicted molar refractivity (Wildman–Crippen MR) is 67.9 cm³/mol. The Morgan fingerprint density at radius 2 is 1.53 bits per heavy atom. The summed E-state index contributed by atoms with van der Waals surface area (Å²) in [5.74, 6) is 0.349. The summed E-state index contributed by atoms with van der Waals surface area (Å²) < 4.78 is 0. The molecule has 1 aromatic carbocycles. The summed E-state index contributed by atoms with van der Waals surface area (Å²) in [6.07, 6.45) is 3.46. The molecule has 1 aromatic heterocycles. The highest BCUT2D eigenvalue weighted by molar-refractivity contribution is 6.41. The van der Waals surface area contributed by atoms with Gasteiger partial charge in [-0.05, 0) is 12.1 Å². The Labute approximate surface area is 112 Å². The van der Waals surface area contributed by atoms with Crippen LogP contribution in [0.3, 0.4) is 0 Å². The van der Waals surface area contributed by atoms with Crippen LogP contribution in [0.1, 0.15) is 10.4 Å². The van der Waals surface area contributed by atoms with Crippen LogP contribution in [0.5, 0.6) is 0 Å². The standard InChI is InChI=1S/C11H5Cl3N2O/c12-7-1-8(13)10(9(14)2-7)11-15-3-6(5-17)4-16-11/h1-5H. The minimum atomic E-state index is 0.349. The first-order valence-corrected chi connectivity index (χ1v) is 5.67. The van der Waals surface area contributed by atoms with Crippen LogP contribution in [0.15, 0.2) is 24.5 Å². The third-order valence-corrected chi connectivity index (χ3v) is 2.85. The first-order valence-electron chi connectivity index (χ1n) is 4.54. The molecule has 0 aliphatic heterocycles. The molecule has 6 heteroatoms. The van der Waals surface area contributed by atoms with Crippen molar-refractivity contribution in [2.24, 2.45) is 0 Å². The van der Waals surface area contributed by atoms with Crippen LogP contribution in [0.2, 0.25) is 15.1 Å². The maximum absolute atomic E-state index is 10.5. The molecule has 0 bridgehead atoms. The van der Waals surface area contributed by atoms with E-state index in [1.165, 1.54) is 12.4 Å². The SMILES string of the molecule is O=Cc1cnc(-c2c(Cl)cc(Cl)cc2Cl)nc1. The summed E-state index contributed by atoms with van der Waals surface area (Å²) in [4.78, 5) is 18.5. The van der Waals surface area contributed by atoms with Gasteiger partial charge in [0.2, 0.25) is 0 Å². The molecule has 0 unspecified atom stereocenters. The lowest BCUT2D eigenvalue weighted by molar-refractivity contribution is 0.112. The van der Waals surface area contributed by atoms with Gasteiger partial charge in [-0.2, -0.15) is 0 Å². The van der Waals surface area contributed by atoms with Gasteiger partial charge in [0.25, 0.3) is 0 Å². The van der Waals surface area contributed by atoms with Gasteiger partial charge >= 0.3 is 0 Å². The summed E-state index contributed by atoms with van der Waals surface area (Å²) in [5.41, 5.74) is 0.880. The lowest BCUT2D eigenvalue weighted by Gasteiger charge is -2.06. The molecule has 0 radical (unpaired) electrons. The molecule has 2 rings (SSSR count). The average Bonchev–Trinajstić information content (AvgIpc) is 2.28. The number of nitrogens with zero attached hydrogens (tertiary/aromatic N) is 2. The van der Waals surface area contributed by atoms with Crippen LogP contribution in [-0.4, -0.2) is 16.3 Å². The van der Waals surface area contributed by atoms with E-state index in [0.29, 0.717) is 38.3 Å². The third-order valence-electron chi connectivity index (χ3n) is 2.04. The lowest BCUT2D eigenvalue weighted by atomic mass is 10.2. The number of aromatic nitrogens is 2. The van der Waals surface area contributed by atoms with Crippen molar-refractivity contribution in [2.45, 2.75) is 0 Å². The Bertz CT molecular complexity index is 546. The van der Waals surface area contributed by atoms with Crippen molar-refractivity contribution < 1.29 is 4.79 Å². The summed E-state index contributed by atoms with van der Waals surface area (Å²) in [6, 6.07) is 3.11. The quantitative estimate of drug-likeness (QED) is 0.786. The maximum Gasteiger partial charge on any atom is 0.162 e. The fraction of sp³-hybridized carbons (Fsp3) is 0. The number of hydrogen-bond acceptors (Lipinski definition) is 3. The maximum atomic E-state index is 10.5.